The minimum atomic E-state index is 0.809. The molecule has 1 N–H and O–H groups in total. The zero-order chi connectivity index (χ0) is 13.9. The summed E-state index contributed by atoms with van der Waals surface area (Å²) in [5.74, 6) is 0.809. The Hall–Kier alpha value is -1.96. The Kier molecular flexibility index (Phi) is 3.64. The van der Waals surface area contributed by atoms with Crippen molar-refractivity contribution in [3.05, 3.63) is 59.7 Å². The first-order chi connectivity index (χ1) is 9.74. The summed E-state index contributed by atoms with van der Waals surface area (Å²) in [6.45, 7) is 0.911. The van der Waals surface area contributed by atoms with Crippen LogP contribution in [-0.2, 0) is 6.54 Å². The lowest BCUT2D eigenvalue weighted by atomic mass is 10.0. The van der Waals surface area contributed by atoms with Gasteiger partial charge in [0.15, 0.2) is 0 Å². The normalized spacial score (nSPS) is 14.1. The van der Waals surface area contributed by atoms with Crippen LogP contribution in [0, 0.1) is 0 Å². The quantitative estimate of drug-likeness (QED) is 0.870. The minimum absolute atomic E-state index is 0.809. The second-order valence-electron chi connectivity index (χ2n) is 5.77. The summed E-state index contributed by atoms with van der Waals surface area (Å²) in [5.41, 5.74) is 5.38. The molecule has 1 aliphatic carbocycles. The molecule has 0 radical (unpaired) electrons. The van der Waals surface area contributed by atoms with Crippen molar-refractivity contribution in [3.63, 3.8) is 0 Å². The van der Waals surface area contributed by atoms with Crippen LogP contribution in [0.1, 0.15) is 29.9 Å². The third-order valence-electron chi connectivity index (χ3n) is 3.94. The van der Waals surface area contributed by atoms with Gasteiger partial charge in [0.2, 0.25) is 0 Å². The highest BCUT2D eigenvalue weighted by Gasteiger charge is 2.25. The first-order valence-electron chi connectivity index (χ1n) is 7.33. The Labute approximate surface area is 121 Å². The number of nitrogens with zero attached hydrogens (tertiary/aromatic N) is 1. The molecule has 0 spiro atoms. The van der Waals surface area contributed by atoms with E-state index in [0.717, 1.165) is 12.5 Å². The molecule has 2 heteroatoms. The molecule has 1 fully saturated rings. The van der Waals surface area contributed by atoms with E-state index in [1.165, 1.54) is 35.3 Å². The van der Waals surface area contributed by atoms with Crippen molar-refractivity contribution in [3.8, 4) is 0 Å². The Balaban J connectivity index is 1.67. The van der Waals surface area contributed by atoms with E-state index in [2.05, 4.69) is 72.8 Å². The van der Waals surface area contributed by atoms with Gasteiger partial charge in [-0.15, -0.1) is 0 Å². The average molecular weight is 266 g/mol. The monoisotopic (exact) mass is 266 g/mol. The van der Waals surface area contributed by atoms with Gasteiger partial charge in [-0.25, -0.2) is 0 Å². The summed E-state index contributed by atoms with van der Waals surface area (Å²) in [7, 11) is 4.13. The third kappa shape index (κ3) is 2.96. The predicted molar refractivity (Wildman–Crippen MR) is 86.5 cm³/mol. The number of anilines is 2. The largest absolute Gasteiger partial charge is 0.381 e. The van der Waals surface area contributed by atoms with E-state index in [-0.39, 0.29) is 0 Å². The molecule has 104 valence electrons. The Morgan fingerprint density at radius 1 is 1.00 bits per heavy atom. The molecular formula is C18H22N2. The van der Waals surface area contributed by atoms with Gasteiger partial charge in [0, 0.05) is 32.0 Å². The average Bonchev–Trinajstić information content (AvgIpc) is 3.30. The molecule has 0 heterocycles. The van der Waals surface area contributed by atoms with Gasteiger partial charge in [-0.2, -0.15) is 0 Å². The van der Waals surface area contributed by atoms with Gasteiger partial charge in [-0.3, -0.25) is 0 Å². The maximum atomic E-state index is 3.53. The first kappa shape index (κ1) is 13.0. The van der Waals surface area contributed by atoms with Crippen LogP contribution in [0.15, 0.2) is 48.5 Å². The zero-order valence-electron chi connectivity index (χ0n) is 12.3. The number of hydrogen-bond acceptors (Lipinski definition) is 2. The summed E-state index contributed by atoms with van der Waals surface area (Å²) in [6.07, 6.45) is 2.71. The van der Waals surface area contributed by atoms with Crippen LogP contribution in [-0.4, -0.2) is 14.1 Å². The molecule has 3 rings (SSSR count). The second-order valence-corrected chi connectivity index (χ2v) is 5.77. The SMILES string of the molecule is CN(C)c1ccc(NCc2ccccc2C2CC2)cc1. The molecule has 2 aromatic carbocycles. The molecular weight excluding hydrogens is 244 g/mol. The molecule has 0 bridgehead atoms. The van der Waals surface area contributed by atoms with E-state index in [4.69, 9.17) is 0 Å². The second kappa shape index (κ2) is 5.58. The Morgan fingerprint density at radius 3 is 2.35 bits per heavy atom. The summed E-state index contributed by atoms with van der Waals surface area (Å²) in [6, 6.07) is 17.4. The third-order valence-corrected chi connectivity index (χ3v) is 3.94. The van der Waals surface area contributed by atoms with E-state index >= 15 is 0 Å². The van der Waals surface area contributed by atoms with Crippen molar-refractivity contribution in [2.24, 2.45) is 0 Å². The van der Waals surface area contributed by atoms with E-state index in [1.54, 1.807) is 0 Å². The van der Waals surface area contributed by atoms with Gasteiger partial charge in [-0.1, -0.05) is 24.3 Å². The molecule has 0 unspecified atom stereocenters. The van der Waals surface area contributed by atoms with Gasteiger partial charge < -0.3 is 10.2 Å². The molecule has 2 nitrogen and oxygen atoms in total. The van der Waals surface area contributed by atoms with Gasteiger partial charge in [0.1, 0.15) is 0 Å². The van der Waals surface area contributed by atoms with Crippen LogP contribution < -0.4 is 10.2 Å². The van der Waals surface area contributed by atoms with Crippen molar-refractivity contribution in [2.45, 2.75) is 25.3 Å². The standard InChI is InChI=1S/C18H22N2/c1-20(2)17-11-9-16(10-12-17)19-13-15-5-3-4-6-18(15)14-7-8-14/h3-6,9-12,14,19H,7-8,13H2,1-2H3. The van der Waals surface area contributed by atoms with E-state index in [9.17, 15) is 0 Å². The van der Waals surface area contributed by atoms with Gasteiger partial charge in [0.25, 0.3) is 0 Å². The highest BCUT2D eigenvalue weighted by atomic mass is 15.1. The molecule has 1 aliphatic rings. The van der Waals surface area contributed by atoms with Crippen LogP contribution in [0.3, 0.4) is 0 Å². The van der Waals surface area contributed by atoms with Crippen molar-refractivity contribution >= 4 is 11.4 Å². The van der Waals surface area contributed by atoms with Crippen LogP contribution >= 0.6 is 0 Å². The predicted octanol–water partition coefficient (Wildman–Crippen LogP) is 4.24. The lowest BCUT2D eigenvalue weighted by Crippen LogP contribution is -2.08. The fourth-order valence-electron chi connectivity index (χ4n) is 2.56. The number of rotatable bonds is 5. The van der Waals surface area contributed by atoms with Gasteiger partial charge in [0.05, 0.1) is 0 Å². The molecule has 0 aromatic heterocycles. The van der Waals surface area contributed by atoms with Crippen LogP contribution in [0.4, 0.5) is 11.4 Å². The van der Waals surface area contributed by atoms with Crippen LogP contribution in [0.2, 0.25) is 0 Å². The van der Waals surface area contributed by atoms with Crippen molar-refractivity contribution in [2.75, 3.05) is 24.3 Å². The van der Waals surface area contributed by atoms with Crippen LogP contribution in [0.25, 0.3) is 0 Å². The molecule has 20 heavy (non-hydrogen) atoms. The fraction of sp³-hybridized carbons (Fsp3) is 0.333. The molecule has 2 aromatic rings. The summed E-state index contributed by atoms with van der Waals surface area (Å²) >= 11 is 0. The molecule has 0 aliphatic heterocycles. The van der Waals surface area contributed by atoms with Gasteiger partial charge in [-0.05, 0) is 54.2 Å². The Morgan fingerprint density at radius 2 is 1.70 bits per heavy atom. The molecule has 0 saturated heterocycles. The van der Waals surface area contributed by atoms with E-state index in [1.807, 2.05) is 0 Å². The summed E-state index contributed by atoms with van der Waals surface area (Å²) in [4.78, 5) is 2.12. The zero-order valence-corrected chi connectivity index (χ0v) is 12.3. The number of nitrogens with one attached hydrogen (secondary N) is 1. The smallest absolute Gasteiger partial charge is 0.0403 e. The van der Waals surface area contributed by atoms with Crippen molar-refractivity contribution in [1.29, 1.82) is 0 Å². The highest BCUT2D eigenvalue weighted by Crippen LogP contribution is 2.41. The lowest BCUT2D eigenvalue weighted by Gasteiger charge is -2.14. The maximum absolute atomic E-state index is 3.53. The molecule has 0 atom stereocenters. The van der Waals surface area contributed by atoms with Crippen molar-refractivity contribution in [1.82, 2.24) is 0 Å². The van der Waals surface area contributed by atoms with E-state index < -0.39 is 0 Å². The molecule has 1 saturated carbocycles. The number of benzene rings is 2. The summed E-state index contributed by atoms with van der Waals surface area (Å²) in [5, 5.41) is 3.53. The summed E-state index contributed by atoms with van der Waals surface area (Å²) < 4.78 is 0. The topological polar surface area (TPSA) is 15.3 Å². The van der Waals surface area contributed by atoms with E-state index in [0.29, 0.717) is 0 Å². The lowest BCUT2D eigenvalue weighted by molar-refractivity contribution is 1.03. The maximum Gasteiger partial charge on any atom is 0.0403 e. The van der Waals surface area contributed by atoms with Crippen molar-refractivity contribution < 1.29 is 0 Å². The van der Waals surface area contributed by atoms with Crippen LogP contribution in [0.5, 0.6) is 0 Å². The molecule has 0 amide bonds. The first-order valence-corrected chi connectivity index (χ1v) is 7.33. The fourth-order valence-corrected chi connectivity index (χ4v) is 2.56. The van der Waals surface area contributed by atoms with Gasteiger partial charge >= 0.3 is 0 Å². The highest BCUT2D eigenvalue weighted by molar-refractivity contribution is 5.54. The number of hydrogen-bond donors (Lipinski definition) is 1. The minimum Gasteiger partial charge on any atom is -0.381 e. The Bertz CT molecular complexity index is 568.